The summed E-state index contributed by atoms with van der Waals surface area (Å²) in [4.78, 5) is 28.5. The van der Waals surface area contributed by atoms with Gasteiger partial charge in [0, 0.05) is 37.7 Å². The molecule has 3 N–H and O–H groups in total. The zero-order valence-electron chi connectivity index (χ0n) is 19.1. The van der Waals surface area contributed by atoms with Gasteiger partial charge in [0.15, 0.2) is 0 Å². The third-order valence-electron chi connectivity index (χ3n) is 7.84. The highest BCUT2D eigenvalue weighted by Gasteiger charge is 2.55. The average Bonchev–Trinajstić information content (AvgIpc) is 3.61. The number of amides is 2. The van der Waals surface area contributed by atoms with E-state index in [4.69, 9.17) is 0 Å². The number of aliphatic hydroxyl groups is 2. The first-order chi connectivity index (χ1) is 15.2. The number of nitrogens with one attached hydrogen (secondary N) is 1. The molecule has 1 aromatic heterocycles. The molecule has 1 unspecified atom stereocenters. The van der Waals surface area contributed by atoms with E-state index < -0.39 is 23.6 Å². The maximum Gasteiger partial charge on any atom is 0.248 e. The third kappa shape index (κ3) is 3.94. The Kier molecular flexibility index (Phi) is 5.32. The first kappa shape index (κ1) is 21.8. The molecule has 3 saturated carbocycles. The second kappa shape index (κ2) is 7.80. The van der Waals surface area contributed by atoms with Gasteiger partial charge >= 0.3 is 0 Å². The molecule has 9 nitrogen and oxygen atoms in total. The van der Waals surface area contributed by atoms with E-state index in [0.717, 1.165) is 31.4 Å². The minimum atomic E-state index is -0.726. The highest BCUT2D eigenvalue weighted by atomic mass is 16.3. The third-order valence-corrected chi connectivity index (χ3v) is 7.84. The highest BCUT2D eigenvalue weighted by molar-refractivity contribution is 5.90. The lowest BCUT2D eigenvalue weighted by atomic mass is 9.85. The topological polar surface area (TPSA) is 121 Å². The molecule has 1 aliphatic heterocycles. The molecule has 176 valence electrons. The lowest BCUT2D eigenvalue weighted by Crippen LogP contribution is -2.52. The van der Waals surface area contributed by atoms with Gasteiger partial charge in [-0.05, 0) is 48.9 Å². The average molecular weight is 446 g/mol. The van der Waals surface area contributed by atoms with Crippen LogP contribution in [-0.2, 0) is 9.59 Å². The van der Waals surface area contributed by atoms with Gasteiger partial charge in [0.05, 0.1) is 11.8 Å². The Balaban J connectivity index is 1.33. The minimum Gasteiger partial charge on any atom is -0.396 e. The monoisotopic (exact) mass is 445 g/mol. The summed E-state index contributed by atoms with van der Waals surface area (Å²) in [6.45, 7) is 6.25. The van der Waals surface area contributed by atoms with E-state index >= 15 is 0 Å². The standard InChI is InChI=1S/C23H35N5O4/c1-23(2,3)20(28-10-18(25-26-28)12-4-5-12)22(32)27-9-14(30)7-19(27)21(31)24-17-6-13(11-29)15-8-16(15)17/h10,12-17,19-20,29-30H,4-9,11H2,1-3H3,(H,24,31)/t13-,14+,15?,16-,17-,19-,20+/m0/s1. The Labute approximate surface area is 188 Å². The number of aromatic nitrogens is 3. The van der Waals surface area contributed by atoms with Crippen molar-refractivity contribution in [3.8, 4) is 0 Å². The van der Waals surface area contributed by atoms with Crippen molar-refractivity contribution in [2.24, 2.45) is 23.2 Å². The smallest absolute Gasteiger partial charge is 0.248 e. The quantitative estimate of drug-likeness (QED) is 0.597. The van der Waals surface area contributed by atoms with Crippen LogP contribution >= 0.6 is 0 Å². The Hall–Kier alpha value is -2.00. The second-order valence-electron chi connectivity index (χ2n) is 11.4. The Morgan fingerprint density at radius 2 is 1.97 bits per heavy atom. The molecule has 5 rings (SSSR count). The largest absolute Gasteiger partial charge is 0.396 e. The molecule has 4 aliphatic rings. The molecule has 9 heteroatoms. The van der Waals surface area contributed by atoms with Crippen LogP contribution in [0.2, 0.25) is 0 Å². The number of carbonyl (C=O) groups excluding carboxylic acids is 2. The molecule has 0 radical (unpaired) electrons. The van der Waals surface area contributed by atoms with Crippen molar-refractivity contribution in [3.05, 3.63) is 11.9 Å². The number of aliphatic hydroxyl groups excluding tert-OH is 2. The van der Waals surface area contributed by atoms with E-state index in [9.17, 15) is 19.8 Å². The van der Waals surface area contributed by atoms with Gasteiger partial charge in [0.25, 0.3) is 0 Å². The summed E-state index contributed by atoms with van der Waals surface area (Å²) in [5, 5.41) is 31.6. The maximum atomic E-state index is 13.8. The molecule has 1 aromatic rings. The summed E-state index contributed by atoms with van der Waals surface area (Å²) in [5.74, 6) is 1.24. The lowest BCUT2D eigenvalue weighted by molar-refractivity contribution is -0.144. The fourth-order valence-corrected chi connectivity index (χ4v) is 5.90. The fourth-order valence-electron chi connectivity index (χ4n) is 5.90. The molecule has 2 amide bonds. The Morgan fingerprint density at radius 3 is 2.59 bits per heavy atom. The molecule has 32 heavy (non-hydrogen) atoms. The van der Waals surface area contributed by atoms with Gasteiger partial charge in [-0.25, -0.2) is 4.68 Å². The zero-order valence-corrected chi connectivity index (χ0v) is 19.1. The number of β-amino-alcohol motifs (C(OH)–C–C–N with tert-alkyl or cyclic N) is 1. The maximum absolute atomic E-state index is 13.8. The number of hydrogen-bond donors (Lipinski definition) is 3. The van der Waals surface area contributed by atoms with Crippen molar-refractivity contribution < 1.29 is 19.8 Å². The Morgan fingerprint density at radius 1 is 1.22 bits per heavy atom. The molecule has 2 heterocycles. The SMILES string of the molecule is CC(C)(C)[C@@H](C(=O)N1C[C@H](O)C[C@H]1C(=O)N[C@H]1C[C@@H](CO)C2C[C@@H]21)n1cc(C2CC2)nn1. The van der Waals surface area contributed by atoms with E-state index in [-0.39, 0.29) is 43.3 Å². The van der Waals surface area contributed by atoms with E-state index in [1.165, 1.54) is 4.90 Å². The first-order valence-corrected chi connectivity index (χ1v) is 12.0. The number of nitrogens with zero attached hydrogens (tertiary/aromatic N) is 4. The van der Waals surface area contributed by atoms with E-state index in [1.54, 1.807) is 4.68 Å². The van der Waals surface area contributed by atoms with Gasteiger partial charge in [-0.15, -0.1) is 5.10 Å². The summed E-state index contributed by atoms with van der Waals surface area (Å²) in [7, 11) is 0. The summed E-state index contributed by atoms with van der Waals surface area (Å²) in [6.07, 6.45) is 5.43. The van der Waals surface area contributed by atoms with Gasteiger partial charge in [0.1, 0.15) is 12.1 Å². The van der Waals surface area contributed by atoms with Crippen molar-refractivity contribution in [1.29, 1.82) is 0 Å². The van der Waals surface area contributed by atoms with Crippen LogP contribution in [0.25, 0.3) is 0 Å². The summed E-state index contributed by atoms with van der Waals surface area (Å²) in [5.41, 5.74) is 0.475. The van der Waals surface area contributed by atoms with Crippen LogP contribution in [0.5, 0.6) is 0 Å². The lowest BCUT2D eigenvalue weighted by Gasteiger charge is -2.35. The predicted octanol–water partition coefficient (Wildman–Crippen LogP) is 0.838. The second-order valence-corrected chi connectivity index (χ2v) is 11.4. The van der Waals surface area contributed by atoms with Crippen LogP contribution < -0.4 is 5.32 Å². The number of carbonyl (C=O) groups is 2. The molecule has 1 saturated heterocycles. The molecule has 0 spiro atoms. The molecule has 7 atom stereocenters. The van der Waals surface area contributed by atoms with E-state index in [0.29, 0.717) is 17.8 Å². The fraction of sp³-hybridized carbons (Fsp3) is 0.826. The minimum absolute atomic E-state index is 0.0502. The molecule has 0 bridgehead atoms. The summed E-state index contributed by atoms with van der Waals surface area (Å²) < 4.78 is 1.65. The molecule has 4 fully saturated rings. The van der Waals surface area contributed by atoms with Crippen molar-refractivity contribution in [3.63, 3.8) is 0 Å². The van der Waals surface area contributed by atoms with Crippen molar-refractivity contribution >= 4 is 11.8 Å². The van der Waals surface area contributed by atoms with Crippen molar-refractivity contribution in [2.45, 2.75) is 83.0 Å². The van der Waals surface area contributed by atoms with Gasteiger partial charge in [-0.1, -0.05) is 26.0 Å². The number of hydrogen-bond acceptors (Lipinski definition) is 6. The summed E-state index contributed by atoms with van der Waals surface area (Å²) in [6, 6.07) is -1.26. The van der Waals surface area contributed by atoms with Gasteiger partial charge in [-0.2, -0.15) is 0 Å². The van der Waals surface area contributed by atoms with Gasteiger partial charge in [-0.3, -0.25) is 9.59 Å². The zero-order chi connectivity index (χ0) is 22.8. The van der Waals surface area contributed by atoms with E-state index in [2.05, 4.69) is 15.6 Å². The van der Waals surface area contributed by atoms with Crippen LogP contribution in [0.15, 0.2) is 6.20 Å². The van der Waals surface area contributed by atoms with Gasteiger partial charge in [0.2, 0.25) is 11.8 Å². The first-order valence-electron chi connectivity index (χ1n) is 12.0. The highest BCUT2D eigenvalue weighted by Crippen LogP contribution is 2.55. The number of likely N-dealkylation sites (tertiary alicyclic amines) is 1. The van der Waals surface area contributed by atoms with Gasteiger partial charge < -0.3 is 20.4 Å². The molecule has 3 aliphatic carbocycles. The van der Waals surface area contributed by atoms with Crippen molar-refractivity contribution in [1.82, 2.24) is 25.2 Å². The molecular weight excluding hydrogens is 410 g/mol. The Bertz CT molecular complexity index is 891. The van der Waals surface area contributed by atoms with Crippen LogP contribution in [0.4, 0.5) is 0 Å². The van der Waals surface area contributed by atoms with E-state index in [1.807, 2.05) is 27.0 Å². The van der Waals surface area contributed by atoms with Crippen LogP contribution in [0, 0.1) is 23.2 Å². The number of rotatable bonds is 6. The predicted molar refractivity (Wildman–Crippen MR) is 115 cm³/mol. The normalized spacial score (nSPS) is 35.0. The summed E-state index contributed by atoms with van der Waals surface area (Å²) >= 11 is 0. The van der Waals surface area contributed by atoms with Crippen LogP contribution in [0.1, 0.15) is 70.5 Å². The number of fused-ring (bicyclic) bond motifs is 1. The molecular formula is C23H35N5O4. The van der Waals surface area contributed by atoms with Crippen molar-refractivity contribution in [2.75, 3.05) is 13.2 Å². The molecule has 0 aromatic carbocycles. The van der Waals surface area contributed by atoms with Crippen LogP contribution in [-0.4, -0.2) is 73.3 Å². The van der Waals surface area contributed by atoms with Crippen LogP contribution in [0.3, 0.4) is 0 Å².